The van der Waals surface area contributed by atoms with Crippen molar-refractivity contribution in [1.29, 1.82) is 0 Å². The van der Waals surface area contributed by atoms with E-state index >= 15 is 0 Å². The average molecular weight is 412 g/mol. The molecule has 2 heterocycles. The van der Waals surface area contributed by atoms with Crippen molar-refractivity contribution in [3.63, 3.8) is 0 Å². The molecular formula is C16H28O12. The van der Waals surface area contributed by atoms with Gasteiger partial charge in [0.05, 0.1) is 13.2 Å². The fourth-order valence-electron chi connectivity index (χ4n) is 2.94. The molecule has 0 aromatic heterocycles. The summed E-state index contributed by atoms with van der Waals surface area (Å²) in [6.45, 7) is -0.0986. The minimum absolute atomic E-state index is 0.109. The average Bonchev–Trinajstić information content (AvgIpc) is 2.67. The van der Waals surface area contributed by atoms with E-state index in [9.17, 15) is 40.5 Å². The Morgan fingerprint density at radius 3 is 2.39 bits per heavy atom. The molecule has 0 spiro atoms. The molecule has 0 saturated carbocycles. The van der Waals surface area contributed by atoms with Crippen molar-refractivity contribution in [3.05, 3.63) is 0 Å². The Labute approximate surface area is 160 Å². The van der Waals surface area contributed by atoms with Crippen LogP contribution in [0.3, 0.4) is 0 Å². The van der Waals surface area contributed by atoms with Crippen LogP contribution in [0.25, 0.3) is 0 Å². The van der Waals surface area contributed by atoms with Gasteiger partial charge in [-0.2, -0.15) is 0 Å². The SMILES string of the molecule is CCCC(=O)OCC1(O)OC[C@@H](O[C@H]2O[C@H](CO)[C@@H](O)[C@H](O)[C@H]2O)[C@@H](O)[C@@H]1O. The number of aliphatic hydroxyl groups excluding tert-OH is 6. The van der Waals surface area contributed by atoms with Crippen LogP contribution < -0.4 is 0 Å². The van der Waals surface area contributed by atoms with Crippen LogP contribution in [-0.4, -0.2) is 116 Å². The van der Waals surface area contributed by atoms with Crippen molar-refractivity contribution >= 4 is 5.97 Å². The van der Waals surface area contributed by atoms with E-state index in [1.54, 1.807) is 6.92 Å². The summed E-state index contributed by atoms with van der Waals surface area (Å²) in [6.07, 6.45) is -12.1. The first-order valence-corrected chi connectivity index (χ1v) is 8.98. The molecule has 0 radical (unpaired) electrons. The second-order valence-corrected chi connectivity index (χ2v) is 6.87. The molecule has 7 N–H and O–H groups in total. The highest BCUT2D eigenvalue weighted by Crippen LogP contribution is 2.29. The van der Waals surface area contributed by atoms with Crippen molar-refractivity contribution in [2.45, 2.75) is 74.6 Å². The fraction of sp³-hybridized carbons (Fsp3) is 0.938. The molecule has 0 aromatic carbocycles. The molecule has 2 aliphatic heterocycles. The number of ether oxygens (including phenoxy) is 4. The van der Waals surface area contributed by atoms with Crippen LogP contribution >= 0.6 is 0 Å². The maximum Gasteiger partial charge on any atom is 0.305 e. The normalized spacial score (nSPS) is 44.3. The highest BCUT2D eigenvalue weighted by molar-refractivity contribution is 5.69. The van der Waals surface area contributed by atoms with Gasteiger partial charge in [-0.05, 0) is 6.42 Å². The van der Waals surface area contributed by atoms with E-state index in [1.807, 2.05) is 0 Å². The molecule has 12 heteroatoms. The molecule has 2 fully saturated rings. The molecule has 0 aromatic rings. The third-order valence-electron chi connectivity index (χ3n) is 4.72. The number of carbonyl (C=O) groups is 1. The van der Waals surface area contributed by atoms with Gasteiger partial charge in [0, 0.05) is 6.42 Å². The molecule has 2 saturated heterocycles. The lowest BCUT2D eigenvalue weighted by molar-refractivity contribution is -0.367. The first kappa shape index (κ1) is 23.3. The summed E-state index contributed by atoms with van der Waals surface area (Å²) in [4.78, 5) is 11.4. The van der Waals surface area contributed by atoms with Crippen LogP contribution in [0, 0.1) is 0 Å². The van der Waals surface area contributed by atoms with Crippen LogP contribution in [0.15, 0.2) is 0 Å². The summed E-state index contributed by atoms with van der Waals surface area (Å²) in [5.74, 6) is -2.97. The Bertz CT molecular complexity index is 516. The molecule has 0 amide bonds. The van der Waals surface area contributed by atoms with E-state index in [-0.39, 0.29) is 6.42 Å². The van der Waals surface area contributed by atoms with Gasteiger partial charge in [0.1, 0.15) is 49.3 Å². The lowest BCUT2D eigenvalue weighted by Crippen LogP contribution is -2.65. The van der Waals surface area contributed by atoms with Gasteiger partial charge in [0.25, 0.3) is 0 Å². The molecule has 0 bridgehead atoms. The number of rotatable bonds is 7. The van der Waals surface area contributed by atoms with Crippen LogP contribution in [0.4, 0.5) is 0 Å². The van der Waals surface area contributed by atoms with E-state index in [0.717, 1.165) is 0 Å². The molecule has 12 nitrogen and oxygen atoms in total. The third kappa shape index (κ3) is 4.97. The fourth-order valence-corrected chi connectivity index (χ4v) is 2.94. The summed E-state index contributed by atoms with van der Waals surface area (Å²) >= 11 is 0. The van der Waals surface area contributed by atoms with E-state index in [1.165, 1.54) is 0 Å². The van der Waals surface area contributed by atoms with Crippen molar-refractivity contribution in [3.8, 4) is 0 Å². The van der Waals surface area contributed by atoms with Gasteiger partial charge in [0.15, 0.2) is 6.29 Å². The van der Waals surface area contributed by atoms with Gasteiger partial charge in [-0.15, -0.1) is 0 Å². The molecule has 9 atom stereocenters. The second kappa shape index (κ2) is 9.71. The Kier molecular flexibility index (Phi) is 8.10. The zero-order valence-corrected chi connectivity index (χ0v) is 15.3. The summed E-state index contributed by atoms with van der Waals surface area (Å²) < 4.78 is 20.4. The van der Waals surface area contributed by atoms with E-state index in [2.05, 4.69) is 0 Å². The van der Waals surface area contributed by atoms with Gasteiger partial charge >= 0.3 is 5.97 Å². The Balaban J connectivity index is 1.97. The Morgan fingerprint density at radius 2 is 1.79 bits per heavy atom. The van der Waals surface area contributed by atoms with E-state index < -0.39 is 80.6 Å². The van der Waals surface area contributed by atoms with E-state index in [4.69, 9.17) is 18.9 Å². The first-order chi connectivity index (χ1) is 13.1. The number of esters is 1. The lowest BCUT2D eigenvalue weighted by atomic mass is 9.96. The second-order valence-electron chi connectivity index (χ2n) is 6.87. The highest BCUT2D eigenvalue weighted by atomic mass is 16.7. The predicted octanol–water partition coefficient (Wildman–Crippen LogP) is -4.04. The van der Waals surface area contributed by atoms with Crippen LogP contribution in [0.5, 0.6) is 0 Å². The maximum absolute atomic E-state index is 11.4. The highest BCUT2D eigenvalue weighted by Gasteiger charge is 2.52. The van der Waals surface area contributed by atoms with Crippen molar-refractivity contribution in [2.24, 2.45) is 0 Å². The largest absolute Gasteiger partial charge is 0.460 e. The standard InChI is InChI=1S/C16H28O12/c1-2-3-9(18)25-6-16(24)14(23)11(20)8(5-26-16)28-15-13(22)12(21)10(19)7(4-17)27-15/h7-8,10-15,17,19-24H,2-6H2,1H3/t7-,8-,10-,11-,12+,13-,14+,15-,16?/m1/s1. The summed E-state index contributed by atoms with van der Waals surface area (Å²) in [7, 11) is 0. The first-order valence-electron chi connectivity index (χ1n) is 8.98. The lowest BCUT2D eigenvalue weighted by Gasteiger charge is -2.45. The third-order valence-corrected chi connectivity index (χ3v) is 4.72. The molecule has 1 unspecified atom stereocenters. The Hall–Kier alpha value is -0.930. The zero-order valence-electron chi connectivity index (χ0n) is 15.3. The molecule has 28 heavy (non-hydrogen) atoms. The van der Waals surface area contributed by atoms with Crippen LogP contribution in [0.1, 0.15) is 19.8 Å². The van der Waals surface area contributed by atoms with Gasteiger partial charge in [0.2, 0.25) is 5.79 Å². The van der Waals surface area contributed by atoms with Gasteiger partial charge in [-0.3, -0.25) is 4.79 Å². The van der Waals surface area contributed by atoms with Crippen LogP contribution in [0.2, 0.25) is 0 Å². The van der Waals surface area contributed by atoms with Gasteiger partial charge < -0.3 is 54.7 Å². The van der Waals surface area contributed by atoms with Crippen LogP contribution in [-0.2, 0) is 23.7 Å². The van der Waals surface area contributed by atoms with Crippen molar-refractivity contribution in [2.75, 3.05) is 19.8 Å². The maximum atomic E-state index is 11.4. The van der Waals surface area contributed by atoms with Crippen molar-refractivity contribution < 1.29 is 59.5 Å². The smallest absolute Gasteiger partial charge is 0.305 e. The minimum atomic E-state index is -2.36. The Morgan fingerprint density at radius 1 is 1.11 bits per heavy atom. The molecule has 164 valence electrons. The summed E-state index contributed by atoms with van der Waals surface area (Å²) in [5.41, 5.74) is 0. The molecule has 2 aliphatic rings. The topological polar surface area (TPSA) is 196 Å². The van der Waals surface area contributed by atoms with Gasteiger partial charge in [-0.25, -0.2) is 0 Å². The summed E-state index contributed by atoms with van der Waals surface area (Å²) in [5, 5.41) is 69.4. The number of carbonyl (C=O) groups excluding carboxylic acids is 1. The molecular weight excluding hydrogens is 384 g/mol. The molecule has 0 aliphatic carbocycles. The van der Waals surface area contributed by atoms with E-state index in [0.29, 0.717) is 6.42 Å². The quantitative estimate of drug-likeness (QED) is 0.200. The minimum Gasteiger partial charge on any atom is -0.460 e. The molecule has 2 rings (SSSR count). The van der Waals surface area contributed by atoms with Crippen molar-refractivity contribution in [1.82, 2.24) is 0 Å². The zero-order chi connectivity index (χ0) is 21.1. The number of aliphatic hydroxyl groups is 7. The number of hydrogen-bond donors (Lipinski definition) is 7. The summed E-state index contributed by atoms with van der Waals surface area (Å²) in [6, 6.07) is 0. The monoisotopic (exact) mass is 412 g/mol. The predicted molar refractivity (Wildman–Crippen MR) is 87.4 cm³/mol. The van der Waals surface area contributed by atoms with Gasteiger partial charge in [-0.1, -0.05) is 6.92 Å². The number of hydrogen-bond acceptors (Lipinski definition) is 12.